The molecule has 0 spiro atoms. The molecule has 1 saturated heterocycles. The van der Waals surface area contributed by atoms with Gasteiger partial charge in [-0.05, 0) is 30.7 Å². The molecule has 0 aliphatic carbocycles. The summed E-state index contributed by atoms with van der Waals surface area (Å²) < 4.78 is 5.83. The lowest BCUT2D eigenvalue weighted by Gasteiger charge is -2.17. The summed E-state index contributed by atoms with van der Waals surface area (Å²) in [4.78, 5) is 18.5. The Balaban J connectivity index is 1.63. The standard InChI is InChI=1S/C18H17N3O2/c1-13-5-6-17(20-11-13)23-16-7-8-21(12-16)18(22)15-4-2-3-14(9-15)10-19/h2-6,9,11,16H,7-8,12H2,1H3. The van der Waals surface area contributed by atoms with Gasteiger partial charge < -0.3 is 9.64 Å². The number of nitrogens with zero attached hydrogens (tertiary/aromatic N) is 3. The number of carbonyl (C=O) groups is 1. The van der Waals surface area contributed by atoms with Gasteiger partial charge in [0.1, 0.15) is 6.10 Å². The minimum absolute atomic E-state index is 0.0479. The molecule has 1 atom stereocenters. The number of likely N-dealkylation sites (tertiary alicyclic amines) is 1. The molecule has 23 heavy (non-hydrogen) atoms. The zero-order valence-electron chi connectivity index (χ0n) is 12.9. The molecule has 2 aromatic rings. The van der Waals surface area contributed by atoms with Gasteiger partial charge in [-0.2, -0.15) is 5.26 Å². The molecule has 0 radical (unpaired) electrons. The van der Waals surface area contributed by atoms with E-state index in [1.165, 1.54) is 0 Å². The normalized spacial score (nSPS) is 16.9. The zero-order valence-corrected chi connectivity index (χ0v) is 12.9. The fraction of sp³-hybridized carbons (Fsp3) is 0.278. The van der Waals surface area contributed by atoms with E-state index in [9.17, 15) is 4.79 Å². The number of carbonyl (C=O) groups excluding carboxylic acids is 1. The van der Waals surface area contributed by atoms with Crippen LogP contribution in [0, 0.1) is 18.3 Å². The fourth-order valence-corrected chi connectivity index (χ4v) is 2.61. The second-order valence-electron chi connectivity index (χ2n) is 5.65. The number of hydrogen-bond donors (Lipinski definition) is 0. The van der Waals surface area contributed by atoms with Crippen LogP contribution in [0.5, 0.6) is 5.88 Å². The van der Waals surface area contributed by atoms with Gasteiger partial charge in [-0.3, -0.25) is 4.79 Å². The van der Waals surface area contributed by atoms with Gasteiger partial charge in [-0.15, -0.1) is 0 Å². The first-order chi connectivity index (χ1) is 11.2. The van der Waals surface area contributed by atoms with Gasteiger partial charge in [0.15, 0.2) is 0 Å². The minimum atomic E-state index is -0.0648. The number of aromatic nitrogens is 1. The van der Waals surface area contributed by atoms with Crippen LogP contribution in [0.15, 0.2) is 42.6 Å². The molecular weight excluding hydrogens is 290 g/mol. The van der Waals surface area contributed by atoms with Crippen LogP contribution >= 0.6 is 0 Å². The summed E-state index contributed by atoms with van der Waals surface area (Å²) in [6.07, 6.45) is 2.49. The van der Waals surface area contributed by atoms with Crippen molar-refractivity contribution < 1.29 is 9.53 Å². The second-order valence-corrected chi connectivity index (χ2v) is 5.65. The van der Waals surface area contributed by atoms with Crippen molar-refractivity contribution >= 4 is 5.91 Å². The van der Waals surface area contributed by atoms with Gasteiger partial charge in [0.05, 0.1) is 18.2 Å². The van der Waals surface area contributed by atoms with Gasteiger partial charge >= 0.3 is 0 Å². The van der Waals surface area contributed by atoms with Crippen LogP contribution in [0.1, 0.15) is 27.9 Å². The molecule has 2 heterocycles. The van der Waals surface area contributed by atoms with Crippen molar-refractivity contribution in [3.63, 3.8) is 0 Å². The van der Waals surface area contributed by atoms with E-state index in [-0.39, 0.29) is 12.0 Å². The summed E-state index contributed by atoms with van der Waals surface area (Å²) in [6, 6.07) is 12.6. The van der Waals surface area contributed by atoms with E-state index in [0.29, 0.717) is 30.1 Å². The van der Waals surface area contributed by atoms with Crippen LogP contribution in [0.3, 0.4) is 0 Å². The molecule has 116 valence electrons. The molecule has 1 fully saturated rings. The summed E-state index contributed by atoms with van der Waals surface area (Å²) in [5, 5.41) is 8.93. The van der Waals surface area contributed by atoms with Crippen LogP contribution in [0.4, 0.5) is 0 Å². The molecule has 0 N–H and O–H groups in total. The molecule has 1 unspecified atom stereocenters. The first kappa shape index (κ1) is 15.0. The van der Waals surface area contributed by atoms with E-state index in [2.05, 4.69) is 11.1 Å². The molecule has 1 aliphatic heterocycles. The van der Waals surface area contributed by atoms with Gasteiger partial charge in [0.25, 0.3) is 5.91 Å². The summed E-state index contributed by atoms with van der Waals surface area (Å²) in [5.41, 5.74) is 2.11. The Morgan fingerprint density at radius 3 is 3.00 bits per heavy atom. The first-order valence-corrected chi connectivity index (χ1v) is 7.54. The van der Waals surface area contributed by atoms with Crippen LogP contribution in [0.25, 0.3) is 0 Å². The molecule has 1 aliphatic rings. The average Bonchev–Trinajstić information content (AvgIpc) is 3.05. The Bertz CT molecular complexity index is 750. The summed E-state index contributed by atoms with van der Waals surface area (Å²) in [7, 11) is 0. The monoisotopic (exact) mass is 307 g/mol. The third kappa shape index (κ3) is 3.49. The van der Waals surface area contributed by atoms with Crippen LogP contribution < -0.4 is 4.74 Å². The van der Waals surface area contributed by atoms with Crippen molar-refractivity contribution in [1.82, 2.24) is 9.88 Å². The lowest BCUT2D eigenvalue weighted by atomic mass is 10.1. The Kier molecular flexibility index (Phi) is 4.24. The maximum absolute atomic E-state index is 12.5. The predicted octanol–water partition coefficient (Wildman–Crippen LogP) is 2.56. The number of ether oxygens (including phenoxy) is 1. The van der Waals surface area contributed by atoms with Crippen molar-refractivity contribution in [3.8, 4) is 11.9 Å². The van der Waals surface area contributed by atoms with Crippen molar-refractivity contribution in [3.05, 3.63) is 59.3 Å². The number of pyridine rings is 1. The topological polar surface area (TPSA) is 66.2 Å². The molecule has 1 aromatic carbocycles. The third-order valence-corrected chi connectivity index (χ3v) is 3.84. The van der Waals surface area contributed by atoms with Gasteiger partial charge in [0, 0.05) is 30.8 Å². The van der Waals surface area contributed by atoms with E-state index >= 15 is 0 Å². The Morgan fingerprint density at radius 2 is 2.26 bits per heavy atom. The lowest BCUT2D eigenvalue weighted by Crippen LogP contribution is -2.31. The molecule has 0 saturated carbocycles. The van der Waals surface area contributed by atoms with E-state index in [1.54, 1.807) is 35.4 Å². The summed E-state index contributed by atoms with van der Waals surface area (Å²) in [6.45, 7) is 3.15. The lowest BCUT2D eigenvalue weighted by molar-refractivity contribution is 0.0771. The first-order valence-electron chi connectivity index (χ1n) is 7.54. The van der Waals surface area contributed by atoms with Crippen LogP contribution in [0.2, 0.25) is 0 Å². The molecule has 0 bridgehead atoms. The largest absolute Gasteiger partial charge is 0.472 e. The smallest absolute Gasteiger partial charge is 0.254 e. The number of benzene rings is 1. The van der Waals surface area contributed by atoms with Crippen molar-refractivity contribution in [1.29, 1.82) is 5.26 Å². The maximum atomic E-state index is 12.5. The number of aryl methyl sites for hydroxylation is 1. The number of amides is 1. The van der Waals surface area contributed by atoms with Gasteiger partial charge in [-0.1, -0.05) is 12.1 Å². The summed E-state index contributed by atoms with van der Waals surface area (Å²) >= 11 is 0. The van der Waals surface area contributed by atoms with Gasteiger partial charge in [-0.25, -0.2) is 4.98 Å². The van der Waals surface area contributed by atoms with Crippen molar-refractivity contribution in [2.24, 2.45) is 0 Å². The van der Waals surface area contributed by atoms with E-state index < -0.39 is 0 Å². The molecule has 5 nitrogen and oxygen atoms in total. The van der Waals surface area contributed by atoms with Crippen molar-refractivity contribution in [2.45, 2.75) is 19.4 Å². The SMILES string of the molecule is Cc1ccc(OC2CCN(C(=O)c3cccc(C#N)c3)C2)nc1. The molecule has 1 amide bonds. The predicted molar refractivity (Wildman–Crippen MR) is 85.1 cm³/mol. The highest BCUT2D eigenvalue weighted by Crippen LogP contribution is 2.19. The second kappa shape index (κ2) is 6.49. The molecule has 5 heteroatoms. The van der Waals surface area contributed by atoms with Crippen molar-refractivity contribution in [2.75, 3.05) is 13.1 Å². The van der Waals surface area contributed by atoms with E-state index in [1.807, 2.05) is 19.1 Å². The quantitative estimate of drug-likeness (QED) is 0.874. The highest BCUT2D eigenvalue weighted by Gasteiger charge is 2.28. The van der Waals surface area contributed by atoms with E-state index in [4.69, 9.17) is 10.00 Å². The maximum Gasteiger partial charge on any atom is 0.254 e. The highest BCUT2D eigenvalue weighted by molar-refractivity contribution is 5.94. The fourth-order valence-electron chi connectivity index (χ4n) is 2.61. The van der Waals surface area contributed by atoms with E-state index in [0.717, 1.165) is 12.0 Å². The third-order valence-electron chi connectivity index (χ3n) is 3.84. The number of rotatable bonds is 3. The molecular formula is C18H17N3O2. The Morgan fingerprint density at radius 1 is 1.39 bits per heavy atom. The van der Waals surface area contributed by atoms with Crippen LogP contribution in [-0.2, 0) is 0 Å². The number of hydrogen-bond acceptors (Lipinski definition) is 4. The summed E-state index contributed by atoms with van der Waals surface area (Å²) in [5.74, 6) is 0.520. The highest BCUT2D eigenvalue weighted by atomic mass is 16.5. The van der Waals surface area contributed by atoms with Gasteiger partial charge in [0.2, 0.25) is 5.88 Å². The Hall–Kier alpha value is -2.87. The number of nitriles is 1. The van der Waals surface area contributed by atoms with Crippen LogP contribution in [-0.4, -0.2) is 35.0 Å². The Labute approximate surface area is 135 Å². The average molecular weight is 307 g/mol. The zero-order chi connectivity index (χ0) is 16.2. The minimum Gasteiger partial charge on any atom is -0.472 e. The molecule has 3 rings (SSSR count). The molecule has 1 aromatic heterocycles.